The fourth-order valence-electron chi connectivity index (χ4n) is 4.23. The van der Waals surface area contributed by atoms with Crippen molar-refractivity contribution < 1.29 is 37.0 Å². The highest BCUT2D eigenvalue weighted by Gasteiger charge is 2.41. The van der Waals surface area contributed by atoms with Gasteiger partial charge in [0.05, 0.1) is 31.2 Å². The van der Waals surface area contributed by atoms with Crippen molar-refractivity contribution in [3.05, 3.63) is 34.9 Å². The van der Waals surface area contributed by atoms with E-state index in [1.54, 1.807) is 11.0 Å². The maximum Gasteiger partial charge on any atom is 0.473 e. The molecule has 0 aromatic heterocycles. The normalized spacial score (nSPS) is 25.8. The van der Waals surface area contributed by atoms with Gasteiger partial charge in [0, 0.05) is 30.9 Å². The molecule has 0 aliphatic carbocycles. The van der Waals surface area contributed by atoms with Crippen LogP contribution in [0.15, 0.2) is 23.2 Å². The molecule has 3 heterocycles. The van der Waals surface area contributed by atoms with Gasteiger partial charge >= 0.3 is 12.1 Å². The summed E-state index contributed by atoms with van der Waals surface area (Å²) in [6, 6.07) is 3.59. The van der Waals surface area contributed by atoms with Crippen LogP contribution in [0.25, 0.3) is 0 Å². The molecule has 3 atom stereocenters. The third-order valence-electron chi connectivity index (χ3n) is 6.06. The first-order chi connectivity index (χ1) is 15.6. The van der Waals surface area contributed by atoms with E-state index in [1.807, 2.05) is 0 Å². The van der Waals surface area contributed by atoms with E-state index in [0.717, 1.165) is 0 Å². The number of hydrogen-bond donors (Lipinski definition) is 2. The van der Waals surface area contributed by atoms with E-state index < -0.39 is 24.0 Å². The van der Waals surface area contributed by atoms with Gasteiger partial charge in [-0.2, -0.15) is 18.2 Å². The molecule has 0 radical (unpaired) electrons. The Morgan fingerprint density at radius 1 is 1.15 bits per heavy atom. The summed E-state index contributed by atoms with van der Waals surface area (Å²) in [5.74, 6) is -3.64. The van der Waals surface area contributed by atoms with Crippen LogP contribution in [0.1, 0.15) is 34.3 Å². The van der Waals surface area contributed by atoms with E-state index in [1.165, 1.54) is 12.1 Å². The quantitative estimate of drug-likeness (QED) is 0.497. The van der Waals surface area contributed by atoms with E-state index in [9.17, 15) is 27.6 Å². The van der Waals surface area contributed by atoms with Crippen LogP contribution >= 0.6 is 0 Å². The van der Waals surface area contributed by atoms with Gasteiger partial charge in [-0.3, -0.25) is 14.4 Å². The zero-order valence-corrected chi connectivity index (χ0v) is 17.6. The molecule has 1 aromatic carbocycles. The lowest BCUT2D eigenvalue weighted by Crippen LogP contribution is -2.57. The predicted octanol–water partition coefficient (Wildman–Crippen LogP) is 0.747. The molecule has 2 unspecified atom stereocenters. The number of amides is 3. The number of carbonyl (C=O) groups excluding carboxylic acids is 3. The highest BCUT2D eigenvalue weighted by Crippen LogP contribution is 2.29. The third kappa shape index (κ3) is 4.86. The van der Waals surface area contributed by atoms with Gasteiger partial charge < -0.3 is 25.4 Å². The number of nitrogens with one attached hydrogen (secondary N) is 1. The van der Waals surface area contributed by atoms with Crippen molar-refractivity contribution in [3.8, 4) is 0 Å². The third-order valence-corrected chi connectivity index (χ3v) is 6.06. The van der Waals surface area contributed by atoms with Gasteiger partial charge in [0.1, 0.15) is 5.84 Å². The molecule has 178 valence electrons. The Morgan fingerprint density at radius 2 is 1.88 bits per heavy atom. The van der Waals surface area contributed by atoms with Crippen molar-refractivity contribution in [1.82, 2.24) is 10.2 Å². The van der Waals surface area contributed by atoms with Crippen molar-refractivity contribution in [2.75, 3.05) is 26.4 Å². The molecular formula is C21H23F3N4O5. The van der Waals surface area contributed by atoms with Gasteiger partial charge in [0.15, 0.2) is 0 Å². The zero-order valence-electron chi connectivity index (χ0n) is 17.6. The average molecular weight is 468 g/mol. The molecule has 3 aliphatic rings. The standard InChI is InChI=1S/C21H23F3N4O5/c22-21(23,24)20(31)27-17(25)11-1-2-12-8-28(19(30)14(12)7-11)16-10-33-6-4-15(16)26-18(29)13-3-5-32-9-13/h1-2,7,13,15-16H,3-6,8-10H2,(H,26,29)(H2,25,27,31)/t13-,15?,16?/m1/s1. The van der Waals surface area contributed by atoms with E-state index in [-0.39, 0.29) is 48.1 Å². The van der Waals surface area contributed by atoms with Gasteiger partial charge in [0.2, 0.25) is 5.91 Å². The summed E-state index contributed by atoms with van der Waals surface area (Å²) in [6.07, 6.45) is -3.95. The van der Waals surface area contributed by atoms with Crippen molar-refractivity contribution in [3.63, 3.8) is 0 Å². The first-order valence-electron chi connectivity index (χ1n) is 10.5. The Hall–Kier alpha value is -2.99. The van der Waals surface area contributed by atoms with Gasteiger partial charge in [-0.1, -0.05) is 12.1 Å². The van der Waals surface area contributed by atoms with Crippen molar-refractivity contribution in [2.24, 2.45) is 16.6 Å². The SMILES string of the molecule is NC(=NC(=O)C(F)(F)F)c1ccc2c(c1)C(=O)N(C1COCCC1NC(=O)[C@@H]1CCOC1)C2. The maximum absolute atomic E-state index is 13.1. The number of nitrogens with two attached hydrogens (primary N) is 1. The highest BCUT2D eigenvalue weighted by molar-refractivity contribution is 6.07. The lowest BCUT2D eigenvalue weighted by atomic mass is 10.00. The van der Waals surface area contributed by atoms with Crippen LogP contribution in [-0.2, 0) is 25.6 Å². The minimum absolute atomic E-state index is 0.0348. The molecule has 0 saturated carbocycles. The summed E-state index contributed by atoms with van der Waals surface area (Å²) in [6.45, 7) is 1.85. The Kier molecular flexibility index (Phi) is 6.39. The lowest BCUT2D eigenvalue weighted by molar-refractivity contribution is -0.169. The highest BCUT2D eigenvalue weighted by atomic mass is 19.4. The minimum Gasteiger partial charge on any atom is -0.383 e. The molecule has 1 aromatic rings. The zero-order chi connectivity index (χ0) is 23.8. The van der Waals surface area contributed by atoms with Crippen LogP contribution in [-0.4, -0.2) is 73.1 Å². The van der Waals surface area contributed by atoms with Gasteiger partial charge in [-0.15, -0.1) is 0 Å². The smallest absolute Gasteiger partial charge is 0.383 e. The molecule has 2 saturated heterocycles. The largest absolute Gasteiger partial charge is 0.473 e. The number of hydrogen-bond acceptors (Lipinski definition) is 5. The second kappa shape index (κ2) is 9.10. The van der Waals surface area contributed by atoms with Crippen molar-refractivity contribution in [1.29, 1.82) is 0 Å². The molecule has 0 spiro atoms. The van der Waals surface area contributed by atoms with Crippen LogP contribution in [0.4, 0.5) is 13.2 Å². The van der Waals surface area contributed by atoms with Crippen LogP contribution in [0.3, 0.4) is 0 Å². The average Bonchev–Trinajstić information content (AvgIpc) is 3.42. The lowest BCUT2D eigenvalue weighted by Gasteiger charge is -2.38. The first-order valence-corrected chi connectivity index (χ1v) is 10.5. The van der Waals surface area contributed by atoms with Crippen LogP contribution in [0.2, 0.25) is 0 Å². The second-order valence-corrected chi connectivity index (χ2v) is 8.21. The molecule has 4 rings (SSSR count). The molecule has 9 nitrogen and oxygen atoms in total. The topological polar surface area (TPSA) is 123 Å². The number of alkyl halides is 3. The minimum atomic E-state index is -5.14. The van der Waals surface area contributed by atoms with E-state index in [0.29, 0.717) is 38.2 Å². The predicted molar refractivity (Wildman–Crippen MR) is 108 cm³/mol. The molecule has 3 aliphatic heterocycles. The number of benzene rings is 1. The number of amidine groups is 1. The number of halogens is 3. The number of rotatable bonds is 4. The number of ether oxygens (including phenoxy) is 2. The Bertz CT molecular complexity index is 991. The fraction of sp³-hybridized carbons (Fsp3) is 0.524. The van der Waals surface area contributed by atoms with E-state index >= 15 is 0 Å². The molecule has 0 bridgehead atoms. The molecule has 2 fully saturated rings. The fourth-order valence-corrected chi connectivity index (χ4v) is 4.23. The van der Waals surface area contributed by atoms with Crippen LogP contribution in [0, 0.1) is 5.92 Å². The van der Waals surface area contributed by atoms with Crippen LogP contribution < -0.4 is 11.1 Å². The summed E-state index contributed by atoms with van der Waals surface area (Å²) in [5, 5.41) is 3.02. The molecule has 12 heteroatoms. The van der Waals surface area contributed by atoms with Crippen molar-refractivity contribution >= 4 is 23.6 Å². The molecular weight excluding hydrogens is 445 g/mol. The van der Waals surface area contributed by atoms with E-state index in [4.69, 9.17) is 15.2 Å². The van der Waals surface area contributed by atoms with Crippen LogP contribution in [0.5, 0.6) is 0 Å². The summed E-state index contributed by atoms with van der Waals surface area (Å²) in [5.41, 5.74) is 6.51. The molecule has 33 heavy (non-hydrogen) atoms. The summed E-state index contributed by atoms with van der Waals surface area (Å²) < 4.78 is 48.2. The number of aliphatic imine (C=N–C) groups is 1. The van der Waals surface area contributed by atoms with Crippen molar-refractivity contribution in [2.45, 2.75) is 37.6 Å². The van der Waals surface area contributed by atoms with Gasteiger partial charge in [-0.05, 0) is 24.5 Å². The second-order valence-electron chi connectivity index (χ2n) is 8.21. The summed E-state index contributed by atoms with van der Waals surface area (Å²) in [4.78, 5) is 41.3. The Labute approximate surface area is 187 Å². The molecule has 3 N–H and O–H groups in total. The molecule has 3 amide bonds. The van der Waals surface area contributed by atoms with Gasteiger partial charge in [0.25, 0.3) is 5.91 Å². The summed E-state index contributed by atoms with van der Waals surface area (Å²) in [7, 11) is 0. The monoisotopic (exact) mass is 468 g/mol. The van der Waals surface area contributed by atoms with E-state index in [2.05, 4.69) is 10.3 Å². The maximum atomic E-state index is 13.1. The number of carbonyl (C=O) groups is 3. The first kappa shape index (κ1) is 23.2. The number of fused-ring (bicyclic) bond motifs is 1. The summed E-state index contributed by atoms with van der Waals surface area (Å²) >= 11 is 0. The number of nitrogens with zero attached hydrogens (tertiary/aromatic N) is 2. The Morgan fingerprint density at radius 3 is 2.58 bits per heavy atom. The van der Waals surface area contributed by atoms with Gasteiger partial charge in [-0.25, -0.2) is 0 Å². The Balaban J connectivity index is 1.51.